The molecule has 28 heavy (non-hydrogen) atoms. The summed E-state index contributed by atoms with van der Waals surface area (Å²) in [6.45, 7) is 6.07. The van der Waals surface area contributed by atoms with Crippen LogP contribution in [0.1, 0.15) is 51.9 Å². The molecule has 1 saturated carbocycles. The second kappa shape index (κ2) is 7.35. The van der Waals surface area contributed by atoms with Crippen LogP contribution in [0.2, 0.25) is 0 Å². The number of pyridine rings is 1. The predicted molar refractivity (Wildman–Crippen MR) is 114 cm³/mol. The standard InChI is InChI=1S/C21H25BrN4O2/c1-21(2,3)28-20(27)23-10-9-18-25-17-12-24-16-11-13(22)7-8-15(16)19(17)26(18)14-5-4-6-14/h7-8,11-12,14H,4-6,9-10H2,1-3H3,(H,23,27). The Morgan fingerprint density at radius 1 is 1.32 bits per heavy atom. The summed E-state index contributed by atoms with van der Waals surface area (Å²) >= 11 is 3.53. The number of aromatic nitrogens is 3. The first kappa shape index (κ1) is 19.2. The second-order valence-electron chi connectivity index (χ2n) is 8.31. The maximum Gasteiger partial charge on any atom is 0.407 e. The highest BCUT2D eigenvalue weighted by Gasteiger charge is 2.26. The fourth-order valence-electron chi connectivity index (χ4n) is 3.60. The van der Waals surface area contributed by atoms with E-state index in [4.69, 9.17) is 9.72 Å². The quantitative estimate of drug-likeness (QED) is 0.604. The molecule has 0 aliphatic heterocycles. The smallest absolute Gasteiger partial charge is 0.407 e. The number of nitrogens with zero attached hydrogens (tertiary/aromatic N) is 3. The van der Waals surface area contributed by atoms with Crippen molar-refractivity contribution in [3.63, 3.8) is 0 Å². The Morgan fingerprint density at radius 3 is 2.79 bits per heavy atom. The first-order valence-electron chi connectivity index (χ1n) is 9.74. The second-order valence-corrected chi connectivity index (χ2v) is 9.23. The average molecular weight is 445 g/mol. The van der Waals surface area contributed by atoms with Crippen LogP contribution in [0.3, 0.4) is 0 Å². The Morgan fingerprint density at radius 2 is 2.11 bits per heavy atom. The van der Waals surface area contributed by atoms with E-state index in [0.717, 1.165) is 45.1 Å². The van der Waals surface area contributed by atoms with Crippen molar-refractivity contribution in [1.82, 2.24) is 19.9 Å². The lowest BCUT2D eigenvalue weighted by Gasteiger charge is -2.29. The van der Waals surface area contributed by atoms with Gasteiger partial charge >= 0.3 is 6.09 Å². The van der Waals surface area contributed by atoms with Gasteiger partial charge in [-0.25, -0.2) is 9.78 Å². The van der Waals surface area contributed by atoms with Crippen LogP contribution in [0.25, 0.3) is 21.9 Å². The molecule has 2 heterocycles. The van der Waals surface area contributed by atoms with Crippen molar-refractivity contribution in [2.24, 2.45) is 0 Å². The summed E-state index contributed by atoms with van der Waals surface area (Å²) in [5.41, 5.74) is 2.52. The van der Waals surface area contributed by atoms with E-state index in [0.29, 0.717) is 19.0 Å². The Bertz CT molecular complexity index is 1030. The number of carbonyl (C=O) groups is 1. The van der Waals surface area contributed by atoms with Gasteiger partial charge in [-0.1, -0.05) is 15.9 Å². The van der Waals surface area contributed by atoms with E-state index in [1.807, 2.05) is 39.1 Å². The predicted octanol–water partition coefficient (Wildman–Crippen LogP) is 5.14. The van der Waals surface area contributed by atoms with Gasteiger partial charge in [0.05, 0.1) is 17.2 Å². The normalized spacial score (nSPS) is 15.0. The summed E-state index contributed by atoms with van der Waals surface area (Å²) in [5, 5.41) is 3.96. The van der Waals surface area contributed by atoms with Crippen molar-refractivity contribution in [3.8, 4) is 0 Å². The first-order chi connectivity index (χ1) is 13.3. The number of nitrogens with one attached hydrogen (secondary N) is 1. The lowest BCUT2D eigenvalue weighted by atomic mass is 9.92. The van der Waals surface area contributed by atoms with Gasteiger partial charge in [0, 0.05) is 28.9 Å². The number of hydrogen-bond acceptors (Lipinski definition) is 4. The van der Waals surface area contributed by atoms with E-state index in [1.165, 1.54) is 6.42 Å². The largest absolute Gasteiger partial charge is 0.444 e. The lowest BCUT2D eigenvalue weighted by molar-refractivity contribution is 0.0528. The topological polar surface area (TPSA) is 69.0 Å². The van der Waals surface area contributed by atoms with Crippen molar-refractivity contribution < 1.29 is 9.53 Å². The van der Waals surface area contributed by atoms with Crippen molar-refractivity contribution >= 4 is 44.0 Å². The molecule has 2 aromatic heterocycles. The van der Waals surface area contributed by atoms with Crippen LogP contribution < -0.4 is 5.32 Å². The summed E-state index contributed by atoms with van der Waals surface area (Å²) in [6.07, 6.45) is 5.69. The Balaban J connectivity index is 1.64. The maximum atomic E-state index is 11.9. The van der Waals surface area contributed by atoms with Crippen molar-refractivity contribution in [2.45, 2.75) is 58.1 Å². The molecule has 6 nitrogen and oxygen atoms in total. The molecule has 1 N–H and O–H groups in total. The molecule has 0 unspecified atom stereocenters. The molecule has 3 aromatic rings. The van der Waals surface area contributed by atoms with Crippen LogP contribution in [-0.4, -0.2) is 32.8 Å². The number of fused-ring (bicyclic) bond motifs is 3. The van der Waals surface area contributed by atoms with E-state index >= 15 is 0 Å². The first-order valence-corrected chi connectivity index (χ1v) is 10.5. The third-order valence-corrected chi connectivity index (χ3v) is 5.50. The number of rotatable bonds is 4. The summed E-state index contributed by atoms with van der Waals surface area (Å²) in [6, 6.07) is 6.66. The number of ether oxygens (including phenoxy) is 1. The van der Waals surface area contributed by atoms with E-state index in [2.05, 4.69) is 36.9 Å². The van der Waals surface area contributed by atoms with Crippen molar-refractivity contribution in [3.05, 3.63) is 34.7 Å². The van der Waals surface area contributed by atoms with Gasteiger partial charge in [0.15, 0.2) is 0 Å². The van der Waals surface area contributed by atoms with Crippen molar-refractivity contribution in [2.75, 3.05) is 6.54 Å². The number of hydrogen-bond donors (Lipinski definition) is 1. The van der Waals surface area contributed by atoms with Crippen LogP contribution in [-0.2, 0) is 11.2 Å². The maximum absolute atomic E-state index is 11.9. The minimum atomic E-state index is -0.498. The third kappa shape index (κ3) is 3.85. The molecule has 0 bridgehead atoms. The van der Waals surface area contributed by atoms with Gasteiger partial charge in [0.2, 0.25) is 0 Å². The summed E-state index contributed by atoms with van der Waals surface area (Å²) in [7, 11) is 0. The summed E-state index contributed by atoms with van der Waals surface area (Å²) in [4.78, 5) is 21.4. The molecule has 7 heteroatoms. The number of carbonyl (C=O) groups excluding carboxylic acids is 1. The molecule has 4 rings (SSSR count). The fourth-order valence-corrected chi connectivity index (χ4v) is 3.95. The van der Waals surface area contributed by atoms with Crippen molar-refractivity contribution in [1.29, 1.82) is 0 Å². The Kier molecular flexibility index (Phi) is 5.04. The van der Waals surface area contributed by atoms with E-state index < -0.39 is 11.7 Å². The monoisotopic (exact) mass is 444 g/mol. The SMILES string of the molecule is CC(C)(C)OC(=O)NCCc1nc2cnc3cc(Br)ccc3c2n1C1CCC1. The minimum absolute atomic E-state index is 0.393. The molecule has 1 aromatic carbocycles. The summed E-state index contributed by atoms with van der Waals surface area (Å²) < 4.78 is 8.71. The van der Waals surface area contributed by atoms with Crippen LogP contribution >= 0.6 is 15.9 Å². The highest BCUT2D eigenvalue weighted by molar-refractivity contribution is 9.10. The zero-order chi connectivity index (χ0) is 19.9. The molecule has 0 saturated heterocycles. The van der Waals surface area contributed by atoms with Crippen LogP contribution in [0, 0.1) is 0 Å². The molecular weight excluding hydrogens is 420 g/mol. The molecular formula is C21H25BrN4O2. The lowest BCUT2D eigenvalue weighted by Crippen LogP contribution is -2.34. The highest BCUT2D eigenvalue weighted by Crippen LogP contribution is 2.37. The molecule has 1 aliphatic carbocycles. The Hall–Kier alpha value is -2.15. The number of imidazole rings is 1. The van der Waals surface area contributed by atoms with Gasteiger partial charge in [0.25, 0.3) is 0 Å². The molecule has 1 amide bonds. The number of halogens is 1. The zero-order valence-electron chi connectivity index (χ0n) is 16.5. The van der Waals surface area contributed by atoms with Crippen LogP contribution in [0.15, 0.2) is 28.9 Å². The van der Waals surface area contributed by atoms with Crippen LogP contribution in [0.5, 0.6) is 0 Å². The van der Waals surface area contributed by atoms with Gasteiger partial charge in [-0.3, -0.25) is 4.98 Å². The third-order valence-electron chi connectivity index (χ3n) is 5.01. The molecule has 1 aliphatic rings. The van der Waals surface area contributed by atoms with Gasteiger partial charge in [0.1, 0.15) is 16.9 Å². The van der Waals surface area contributed by atoms with Gasteiger partial charge in [-0.05, 0) is 58.2 Å². The van der Waals surface area contributed by atoms with Crippen LogP contribution in [0.4, 0.5) is 4.79 Å². The van der Waals surface area contributed by atoms with Gasteiger partial charge < -0.3 is 14.6 Å². The number of amides is 1. The zero-order valence-corrected chi connectivity index (χ0v) is 18.0. The van der Waals surface area contributed by atoms with E-state index in [-0.39, 0.29) is 0 Å². The van der Waals surface area contributed by atoms with E-state index in [1.54, 1.807) is 0 Å². The molecule has 0 spiro atoms. The minimum Gasteiger partial charge on any atom is -0.444 e. The number of benzene rings is 1. The molecule has 0 radical (unpaired) electrons. The molecule has 0 atom stereocenters. The van der Waals surface area contributed by atoms with Gasteiger partial charge in [-0.2, -0.15) is 0 Å². The highest BCUT2D eigenvalue weighted by atomic mass is 79.9. The molecule has 1 fully saturated rings. The molecule has 148 valence electrons. The fraction of sp³-hybridized carbons (Fsp3) is 0.476. The van der Waals surface area contributed by atoms with E-state index in [9.17, 15) is 4.79 Å². The summed E-state index contributed by atoms with van der Waals surface area (Å²) in [5.74, 6) is 0.993. The van der Waals surface area contributed by atoms with Gasteiger partial charge in [-0.15, -0.1) is 0 Å². The number of alkyl carbamates (subject to hydrolysis) is 1. The average Bonchev–Trinajstić information content (AvgIpc) is 2.90. The Labute approximate surface area is 172 Å².